The van der Waals surface area contributed by atoms with Gasteiger partial charge < -0.3 is 0 Å². The highest BCUT2D eigenvalue weighted by molar-refractivity contribution is 14.1. The fourth-order valence-electron chi connectivity index (χ4n) is 1.83. The number of hydrogen-bond acceptors (Lipinski definition) is 2. The maximum atomic E-state index is 14.2. The van der Waals surface area contributed by atoms with E-state index >= 15 is 0 Å². The van der Waals surface area contributed by atoms with Crippen LogP contribution in [-0.4, -0.2) is 0 Å². The Balaban J connectivity index is 2.56. The van der Waals surface area contributed by atoms with Crippen molar-refractivity contribution >= 4 is 50.1 Å². The minimum Gasteiger partial charge on any atom is -0.271 e. The third kappa shape index (κ3) is 3.28. The molecule has 3 N–H and O–H groups in total. The highest BCUT2D eigenvalue weighted by Gasteiger charge is 2.20. The van der Waals surface area contributed by atoms with Gasteiger partial charge in [0, 0.05) is 14.2 Å². The van der Waals surface area contributed by atoms with Gasteiger partial charge in [-0.3, -0.25) is 5.84 Å². The van der Waals surface area contributed by atoms with E-state index < -0.39 is 6.04 Å². The van der Waals surface area contributed by atoms with Gasteiger partial charge >= 0.3 is 0 Å². The Morgan fingerprint density at radius 3 is 2.68 bits per heavy atom. The SMILES string of the molecule is NNC(c1cc(Cl)ccc1I)c1cccc(Br)c1F. The molecule has 0 aliphatic rings. The summed E-state index contributed by atoms with van der Waals surface area (Å²) < 4.78 is 15.5. The second kappa shape index (κ2) is 6.49. The summed E-state index contributed by atoms with van der Waals surface area (Å²) in [7, 11) is 0. The Morgan fingerprint density at radius 1 is 1.26 bits per heavy atom. The molecule has 2 rings (SSSR count). The average Bonchev–Trinajstić information content (AvgIpc) is 2.39. The summed E-state index contributed by atoms with van der Waals surface area (Å²) in [5, 5.41) is 0.589. The topological polar surface area (TPSA) is 38.0 Å². The smallest absolute Gasteiger partial charge is 0.142 e. The molecule has 0 amide bonds. The van der Waals surface area contributed by atoms with Crippen LogP contribution in [0.25, 0.3) is 0 Å². The van der Waals surface area contributed by atoms with E-state index in [4.69, 9.17) is 17.4 Å². The number of halogens is 4. The molecule has 0 radical (unpaired) electrons. The molecule has 1 unspecified atom stereocenters. The van der Waals surface area contributed by atoms with Crippen molar-refractivity contribution in [2.24, 2.45) is 5.84 Å². The lowest BCUT2D eigenvalue weighted by Crippen LogP contribution is -2.30. The zero-order chi connectivity index (χ0) is 14.0. The number of nitrogens with one attached hydrogen (secondary N) is 1. The van der Waals surface area contributed by atoms with Crippen molar-refractivity contribution in [1.82, 2.24) is 5.43 Å². The molecule has 2 nitrogen and oxygen atoms in total. The molecule has 0 fully saturated rings. The number of rotatable bonds is 3. The van der Waals surface area contributed by atoms with E-state index in [1.54, 1.807) is 30.3 Å². The van der Waals surface area contributed by atoms with E-state index in [9.17, 15) is 4.39 Å². The van der Waals surface area contributed by atoms with Crippen LogP contribution in [0.3, 0.4) is 0 Å². The first-order chi connectivity index (χ1) is 9.04. The van der Waals surface area contributed by atoms with Crippen LogP contribution < -0.4 is 11.3 Å². The summed E-state index contributed by atoms with van der Waals surface area (Å²) in [5.41, 5.74) is 3.96. The molecule has 0 aromatic heterocycles. The standard InChI is InChI=1S/C13H10BrClFIN2/c14-10-3-1-2-8(12(10)16)13(19-18)9-6-7(15)4-5-11(9)17/h1-6,13,19H,18H2. The van der Waals surface area contributed by atoms with Crippen molar-refractivity contribution in [3.63, 3.8) is 0 Å². The van der Waals surface area contributed by atoms with E-state index in [1.807, 2.05) is 6.07 Å². The number of hydrazine groups is 1. The average molecular weight is 455 g/mol. The molecule has 0 spiro atoms. The summed E-state index contributed by atoms with van der Waals surface area (Å²) >= 11 is 11.4. The molecule has 0 saturated heterocycles. The summed E-state index contributed by atoms with van der Waals surface area (Å²) in [6.07, 6.45) is 0. The molecule has 2 aromatic carbocycles. The van der Waals surface area contributed by atoms with Crippen LogP contribution in [0.1, 0.15) is 17.2 Å². The lowest BCUT2D eigenvalue weighted by molar-refractivity contribution is 0.555. The third-order valence-electron chi connectivity index (χ3n) is 2.73. The van der Waals surface area contributed by atoms with E-state index in [1.165, 1.54) is 0 Å². The monoisotopic (exact) mass is 454 g/mol. The Kier molecular flexibility index (Phi) is 5.19. The second-order valence-electron chi connectivity index (χ2n) is 3.91. The van der Waals surface area contributed by atoms with E-state index in [0.29, 0.717) is 15.1 Å². The molecule has 6 heteroatoms. The number of benzene rings is 2. The Labute approximate surface area is 137 Å². The number of hydrogen-bond donors (Lipinski definition) is 2. The van der Waals surface area contributed by atoms with Crippen molar-refractivity contribution in [2.75, 3.05) is 0 Å². The molecular weight excluding hydrogens is 445 g/mol. The predicted molar refractivity (Wildman–Crippen MR) is 87.4 cm³/mol. The Bertz CT molecular complexity index is 607. The summed E-state index contributed by atoms with van der Waals surface area (Å²) in [5.74, 6) is 5.26. The lowest BCUT2D eigenvalue weighted by Gasteiger charge is -2.19. The molecule has 0 bridgehead atoms. The number of nitrogens with two attached hydrogens (primary N) is 1. The third-order valence-corrected chi connectivity index (χ3v) is 4.56. The van der Waals surface area contributed by atoms with Gasteiger partial charge in [-0.25, -0.2) is 9.82 Å². The van der Waals surface area contributed by atoms with E-state index in [2.05, 4.69) is 43.9 Å². The molecule has 100 valence electrons. The van der Waals surface area contributed by atoms with E-state index in [0.717, 1.165) is 9.13 Å². The van der Waals surface area contributed by atoms with Gasteiger partial charge in [0.25, 0.3) is 0 Å². The molecule has 19 heavy (non-hydrogen) atoms. The van der Waals surface area contributed by atoms with Gasteiger partial charge in [0.15, 0.2) is 0 Å². The minimum atomic E-state index is -0.455. The molecule has 0 saturated carbocycles. The molecule has 0 aliphatic carbocycles. The molecule has 0 aliphatic heterocycles. The van der Waals surface area contributed by atoms with Gasteiger partial charge in [0.05, 0.1) is 10.5 Å². The molecule has 2 aromatic rings. The molecule has 1 atom stereocenters. The van der Waals surface area contributed by atoms with Gasteiger partial charge in [0.1, 0.15) is 5.82 Å². The van der Waals surface area contributed by atoms with Crippen LogP contribution in [-0.2, 0) is 0 Å². The summed E-state index contributed by atoms with van der Waals surface area (Å²) in [6.45, 7) is 0. The van der Waals surface area contributed by atoms with Crippen LogP contribution in [0.2, 0.25) is 5.02 Å². The van der Waals surface area contributed by atoms with Crippen molar-refractivity contribution in [1.29, 1.82) is 0 Å². The molecule has 0 heterocycles. The highest BCUT2D eigenvalue weighted by atomic mass is 127. The highest BCUT2D eigenvalue weighted by Crippen LogP contribution is 2.31. The summed E-state index contributed by atoms with van der Waals surface area (Å²) in [6, 6.07) is 10.1. The minimum absolute atomic E-state index is 0.332. The van der Waals surface area contributed by atoms with Crippen LogP contribution >= 0.6 is 50.1 Å². The normalized spacial score (nSPS) is 12.5. The van der Waals surface area contributed by atoms with E-state index in [-0.39, 0.29) is 5.82 Å². The first-order valence-electron chi connectivity index (χ1n) is 5.39. The van der Waals surface area contributed by atoms with Crippen LogP contribution in [0.5, 0.6) is 0 Å². The van der Waals surface area contributed by atoms with Gasteiger partial charge in [-0.05, 0) is 68.3 Å². The first kappa shape index (κ1) is 15.2. The zero-order valence-electron chi connectivity index (χ0n) is 9.63. The Hall–Kier alpha value is -0.210. The van der Waals surface area contributed by atoms with Gasteiger partial charge in [0.2, 0.25) is 0 Å². The summed E-state index contributed by atoms with van der Waals surface area (Å²) in [4.78, 5) is 0. The second-order valence-corrected chi connectivity index (χ2v) is 6.36. The predicted octanol–water partition coefficient (Wildman–Crippen LogP) is 4.40. The Morgan fingerprint density at radius 2 is 2.00 bits per heavy atom. The largest absolute Gasteiger partial charge is 0.271 e. The fraction of sp³-hybridized carbons (Fsp3) is 0.0769. The van der Waals surface area contributed by atoms with Crippen LogP contribution in [0.4, 0.5) is 4.39 Å². The quantitative estimate of drug-likeness (QED) is 0.409. The maximum absolute atomic E-state index is 14.2. The lowest BCUT2D eigenvalue weighted by atomic mass is 9.99. The van der Waals surface area contributed by atoms with Crippen LogP contribution in [0, 0.1) is 9.39 Å². The van der Waals surface area contributed by atoms with Gasteiger partial charge in [-0.2, -0.15) is 0 Å². The fourth-order valence-corrected chi connectivity index (χ4v) is 3.04. The van der Waals surface area contributed by atoms with Crippen molar-refractivity contribution < 1.29 is 4.39 Å². The zero-order valence-corrected chi connectivity index (χ0v) is 14.1. The van der Waals surface area contributed by atoms with Crippen LogP contribution in [0.15, 0.2) is 40.9 Å². The van der Waals surface area contributed by atoms with Crippen molar-refractivity contribution in [3.8, 4) is 0 Å². The van der Waals surface area contributed by atoms with Gasteiger partial charge in [-0.1, -0.05) is 23.7 Å². The van der Waals surface area contributed by atoms with Gasteiger partial charge in [-0.15, -0.1) is 0 Å². The van der Waals surface area contributed by atoms with Crippen molar-refractivity contribution in [3.05, 3.63) is 66.4 Å². The molecular formula is C13H10BrClFIN2. The first-order valence-corrected chi connectivity index (χ1v) is 7.64. The van der Waals surface area contributed by atoms with Crippen molar-refractivity contribution in [2.45, 2.75) is 6.04 Å². The maximum Gasteiger partial charge on any atom is 0.142 e.